The topological polar surface area (TPSA) is 86.5 Å². The van der Waals surface area contributed by atoms with E-state index in [0.29, 0.717) is 13.0 Å². The maximum absolute atomic E-state index is 12.3. The van der Waals surface area contributed by atoms with Gasteiger partial charge >= 0.3 is 0 Å². The van der Waals surface area contributed by atoms with Gasteiger partial charge in [0.25, 0.3) is 0 Å². The zero-order chi connectivity index (χ0) is 14.1. The second-order valence-corrected chi connectivity index (χ2v) is 8.26. The number of Topliss-reactive ketones (excluding diaryl/α,β-unsaturated/α-hetero) is 1. The Morgan fingerprint density at radius 2 is 2.16 bits per heavy atom. The summed E-state index contributed by atoms with van der Waals surface area (Å²) in [6.45, 7) is 0.620. The number of ketones is 1. The van der Waals surface area contributed by atoms with E-state index in [9.17, 15) is 13.2 Å². The molecule has 0 radical (unpaired) electrons. The Balaban J connectivity index is 1.88. The largest absolute Gasteiger partial charge is 0.375 e. The third kappa shape index (κ3) is 3.77. The van der Waals surface area contributed by atoms with Crippen LogP contribution in [0.4, 0.5) is 0 Å². The Labute approximate surface area is 114 Å². The van der Waals surface area contributed by atoms with Gasteiger partial charge in [-0.25, -0.2) is 8.42 Å². The normalized spacial score (nSPS) is 27.8. The van der Waals surface area contributed by atoms with Gasteiger partial charge in [-0.3, -0.25) is 4.79 Å². The van der Waals surface area contributed by atoms with Crippen LogP contribution in [0.1, 0.15) is 38.5 Å². The van der Waals surface area contributed by atoms with E-state index in [4.69, 9.17) is 10.5 Å². The van der Waals surface area contributed by atoms with Gasteiger partial charge in [-0.1, -0.05) is 0 Å². The number of carbonyl (C=O) groups excluding carboxylic acids is 1. The van der Waals surface area contributed by atoms with E-state index in [1.165, 1.54) is 12.7 Å². The molecule has 110 valence electrons. The fraction of sp³-hybridized carbons (Fsp3) is 0.923. The molecule has 19 heavy (non-hydrogen) atoms. The highest BCUT2D eigenvalue weighted by atomic mass is 32.2. The Kier molecular flexibility index (Phi) is 4.32. The molecular weight excluding hydrogens is 266 g/mol. The second kappa shape index (κ2) is 5.50. The quantitative estimate of drug-likeness (QED) is 0.803. The van der Waals surface area contributed by atoms with Crippen LogP contribution < -0.4 is 5.73 Å². The van der Waals surface area contributed by atoms with Crippen LogP contribution in [-0.2, 0) is 19.4 Å². The van der Waals surface area contributed by atoms with Crippen LogP contribution in [0.15, 0.2) is 0 Å². The first kappa shape index (κ1) is 14.9. The molecule has 1 heterocycles. The Bertz CT molecular complexity index is 442. The van der Waals surface area contributed by atoms with Gasteiger partial charge in [0.15, 0.2) is 5.78 Å². The molecule has 6 heteroatoms. The lowest BCUT2D eigenvalue weighted by Gasteiger charge is -2.47. The van der Waals surface area contributed by atoms with Crippen molar-refractivity contribution in [2.75, 3.05) is 18.6 Å². The van der Waals surface area contributed by atoms with Crippen LogP contribution in [0.5, 0.6) is 0 Å². The molecule has 1 saturated carbocycles. The first-order valence-electron chi connectivity index (χ1n) is 6.92. The van der Waals surface area contributed by atoms with Crippen LogP contribution in [0.25, 0.3) is 0 Å². The molecule has 1 aliphatic carbocycles. The highest BCUT2D eigenvalue weighted by Gasteiger charge is 2.44. The Morgan fingerprint density at radius 3 is 2.68 bits per heavy atom. The van der Waals surface area contributed by atoms with Crippen molar-refractivity contribution >= 4 is 15.6 Å². The maximum atomic E-state index is 12.3. The summed E-state index contributed by atoms with van der Waals surface area (Å²) in [5.41, 5.74) is 5.77. The van der Waals surface area contributed by atoms with Crippen molar-refractivity contribution in [2.24, 2.45) is 11.7 Å². The SMILES string of the molecule is CS(=O)(=O)CCC(N)C(=O)C1CCOC2(CCC2)C1. The average molecular weight is 289 g/mol. The molecule has 2 aliphatic rings. The number of carbonyl (C=O) groups is 1. The highest BCUT2D eigenvalue weighted by molar-refractivity contribution is 7.90. The molecule has 5 nitrogen and oxygen atoms in total. The molecule has 0 aromatic carbocycles. The maximum Gasteiger partial charge on any atom is 0.152 e. The highest BCUT2D eigenvalue weighted by Crippen LogP contribution is 2.44. The molecule has 2 rings (SSSR count). The molecule has 1 spiro atoms. The molecule has 0 aromatic heterocycles. The van der Waals surface area contributed by atoms with Gasteiger partial charge in [0.1, 0.15) is 9.84 Å². The molecule has 2 N–H and O–H groups in total. The molecule has 0 amide bonds. The number of sulfone groups is 1. The molecule has 2 atom stereocenters. The lowest BCUT2D eigenvalue weighted by molar-refractivity contribution is -0.156. The van der Waals surface area contributed by atoms with E-state index in [1.54, 1.807) is 0 Å². The standard InChI is InChI=1S/C13H23NO4S/c1-19(16,17)8-4-11(14)12(15)10-3-7-18-13(9-10)5-2-6-13/h10-11H,2-9,14H2,1H3. The monoisotopic (exact) mass is 289 g/mol. The van der Waals surface area contributed by atoms with Crippen molar-refractivity contribution < 1.29 is 17.9 Å². The minimum Gasteiger partial charge on any atom is -0.375 e. The summed E-state index contributed by atoms with van der Waals surface area (Å²) < 4.78 is 28.0. The van der Waals surface area contributed by atoms with E-state index in [2.05, 4.69) is 0 Å². The molecule has 1 aliphatic heterocycles. The van der Waals surface area contributed by atoms with Crippen molar-refractivity contribution in [2.45, 2.75) is 50.2 Å². The minimum atomic E-state index is -3.06. The Hall–Kier alpha value is -0.460. The first-order valence-corrected chi connectivity index (χ1v) is 8.98. The average Bonchev–Trinajstić information content (AvgIpc) is 2.32. The van der Waals surface area contributed by atoms with Gasteiger partial charge in [0, 0.05) is 18.8 Å². The smallest absolute Gasteiger partial charge is 0.152 e. The van der Waals surface area contributed by atoms with Crippen molar-refractivity contribution in [1.29, 1.82) is 0 Å². The summed E-state index contributed by atoms with van der Waals surface area (Å²) in [5, 5.41) is 0. The summed E-state index contributed by atoms with van der Waals surface area (Å²) in [7, 11) is -3.06. The third-order valence-electron chi connectivity index (χ3n) is 4.33. The predicted molar refractivity (Wildman–Crippen MR) is 72.6 cm³/mol. The summed E-state index contributed by atoms with van der Waals surface area (Å²) in [4.78, 5) is 12.3. The number of hydrogen-bond acceptors (Lipinski definition) is 5. The number of nitrogens with two attached hydrogens (primary N) is 1. The van der Waals surface area contributed by atoms with E-state index in [0.717, 1.165) is 19.3 Å². The van der Waals surface area contributed by atoms with Crippen LogP contribution in [0, 0.1) is 5.92 Å². The molecular formula is C13H23NO4S. The zero-order valence-electron chi connectivity index (χ0n) is 11.4. The predicted octanol–water partition coefficient (Wildman–Crippen LogP) is 0.667. The van der Waals surface area contributed by atoms with Gasteiger partial charge in [-0.05, 0) is 38.5 Å². The van der Waals surface area contributed by atoms with Gasteiger partial charge in [-0.15, -0.1) is 0 Å². The Morgan fingerprint density at radius 1 is 1.47 bits per heavy atom. The number of ether oxygens (including phenoxy) is 1. The molecule has 0 bridgehead atoms. The van der Waals surface area contributed by atoms with Crippen molar-refractivity contribution in [1.82, 2.24) is 0 Å². The summed E-state index contributed by atoms with van der Waals surface area (Å²) in [6, 6.07) is -0.657. The number of rotatable bonds is 5. The van der Waals surface area contributed by atoms with Gasteiger partial charge in [0.2, 0.25) is 0 Å². The lowest BCUT2D eigenvalue weighted by Crippen LogP contribution is -2.49. The first-order chi connectivity index (χ1) is 8.81. The van der Waals surface area contributed by atoms with E-state index >= 15 is 0 Å². The molecule has 2 unspecified atom stereocenters. The van der Waals surface area contributed by atoms with Crippen molar-refractivity contribution in [3.8, 4) is 0 Å². The number of hydrogen-bond donors (Lipinski definition) is 1. The summed E-state index contributed by atoms with van der Waals surface area (Å²) in [5.74, 6) is -0.0595. The van der Waals surface area contributed by atoms with Crippen molar-refractivity contribution in [3.63, 3.8) is 0 Å². The summed E-state index contributed by atoms with van der Waals surface area (Å²) >= 11 is 0. The van der Waals surface area contributed by atoms with E-state index in [-0.39, 0.29) is 29.5 Å². The van der Waals surface area contributed by atoms with Crippen molar-refractivity contribution in [3.05, 3.63) is 0 Å². The third-order valence-corrected chi connectivity index (χ3v) is 5.30. The van der Waals surface area contributed by atoms with Crippen LogP contribution in [0.3, 0.4) is 0 Å². The molecule has 2 fully saturated rings. The van der Waals surface area contributed by atoms with E-state index in [1.807, 2.05) is 0 Å². The fourth-order valence-corrected chi connectivity index (χ4v) is 3.66. The van der Waals surface area contributed by atoms with Crippen LogP contribution in [-0.4, -0.2) is 44.5 Å². The second-order valence-electron chi connectivity index (χ2n) is 6.00. The van der Waals surface area contributed by atoms with Gasteiger partial charge in [0.05, 0.1) is 17.4 Å². The zero-order valence-corrected chi connectivity index (χ0v) is 12.2. The molecule has 1 saturated heterocycles. The van der Waals surface area contributed by atoms with Gasteiger partial charge in [-0.2, -0.15) is 0 Å². The van der Waals surface area contributed by atoms with Crippen LogP contribution in [0.2, 0.25) is 0 Å². The van der Waals surface area contributed by atoms with Crippen LogP contribution >= 0.6 is 0 Å². The minimum absolute atomic E-state index is 0.0122. The summed E-state index contributed by atoms with van der Waals surface area (Å²) in [6.07, 6.45) is 6.11. The fourth-order valence-electron chi connectivity index (χ4n) is 2.98. The lowest BCUT2D eigenvalue weighted by atomic mass is 9.70. The van der Waals surface area contributed by atoms with Gasteiger partial charge < -0.3 is 10.5 Å². The van der Waals surface area contributed by atoms with E-state index < -0.39 is 15.9 Å². The molecule has 0 aromatic rings.